The smallest absolute Gasteiger partial charge is 0.323 e. The van der Waals surface area contributed by atoms with Gasteiger partial charge >= 0.3 is 5.97 Å². The minimum atomic E-state index is -1.05. The topological polar surface area (TPSA) is 92.6 Å². The second-order valence-corrected chi connectivity index (χ2v) is 5.26. The van der Waals surface area contributed by atoms with E-state index in [4.69, 9.17) is 9.84 Å². The molecule has 2 aromatic rings. The molecule has 0 bridgehead atoms. The number of benzene rings is 1. The molecule has 1 atom stereocenters. The number of hydrogen-bond acceptors (Lipinski definition) is 5. The van der Waals surface area contributed by atoms with Gasteiger partial charge in [-0.1, -0.05) is 13.0 Å². The first kappa shape index (κ1) is 17.4. The summed E-state index contributed by atoms with van der Waals surface area (Å²) in [6, 6.07) is 6.38. The van der Waals surface area contributed by atoms with Crippen molar-refractivity contribution in [1.29, 1.82) is 0 Å². The van der Waals surface area contributed by atoms with Crippen LogP contribution in [0.3, 0.4) is 0 Å². The molecule has 1 aromatic heterocycles. The van der Waals surface area contributed by atoms with Gasteiger partial charge in [-0.25, -0.2) is 4.98 Å². The van der Waals surface area contributed by atoms with Crippen LogP contribution in [0.25, 0.3) is 0 Å². The molecule has 0 saturated carbocycles. The lowest BCUT2D eigenvalue weighted by molar-refractivity contribution is -0.138. The maximum absolute atomic E-state index is 12.7. The number of carbonyl (C=O) groups excluding carboxylic acids is 1. The van der Waals surface area contributed by atoms with Crippen molar-refractivity contribution in [3.63, 3.8) is 0 Å². The van der Waals surface area contributed by atoms with Crippen molar-refractivity contribution < 1.29 is 19.4 Å². The van der Waals surface area contributed by atoms with Gasteiger partial charge in [-0.15, -0.1) is 0 Å². The van der Waals surface area contributed by atoms with E-state index in [2.05, 4.69) is 9.97 Å². The van der Waals surface area contributed by atoms with E-state index in [0.29, 0.717) is 23.6 Å². The first-order valence-electron chi connectivity index (χ1n) is 7.58. The fourth-order valence-electron chi connectivity index (χ4n) is 2.11. The molecule has 7 heteroatoms. The summed E-state index contributed by atoms with van der Waals surface area (Å²) in [7, 11) is 0. The molecule has 0 fully saturated rings. The number of aliphatic carboxylic acids is 1. The maximum atomic E-state index is 12.7. The molecule has 1 heterocycles. The molecule has 0 saturated heterocycles. The fourth-order valence-corrected chi connectivity index (χ4v) is 2.11. The zero-order chi connectivity index (χ0) is 17.5. The summed E-state index contributed by atoms with van der Waals surface area (Å²) < 4.78 is 5.56. The first-order chi connectivity index (χ1) is 11.5. The lowest BCUT2D eigenvalue weighted by Gasteiger charge is -2.27. The van der Waals surface area contributed by atoms with E-state index in [1.54, 1.807) is 24.3 Å². The van der Waals surface area contributed by atoms with Crippen molar-refractivity contribution >= 4 is 11.9 Å². The van der Waals surface area contributed by atoms with Crippen LogP contribution < -0.4 is 4.74 Å². The van der Waals surface area contributed by atoms with E-state index >= 15 is 0 Å². The van der Waals surface area contributed by atoms with Crippen LogP contribution in [0.2, 0.25) is 0 Å². The molecule has 0 aliphatic rings. The van der Waals surface area contributed by atoms with E-state index in [1.165, 1.54) is 23.5 Å². The van der Waals surface area contributed by atoms with Gasteiger partial charge in [0.05, 0.1) is 6.20 Å². The quantitative estimate of drug-likeness (QED) is 0.839. The second kappa shape index (κ2) is 8.05. The van der Waals surface area contributed by atoms with E-state index < -0.39 is 5.97 Å². The van der Waals surface area contributed by atoms with Crippen LogP contribution in [0.4, 0.5) is 0 Å². The Morgan fingerprint density at radius 2 is 2.12 bits per heavy atom. The Morgan fingerprint density at radius 3 is 2.75 bits per heavy atom. The Hall–Kier alpha value is -2.96. The minimum absolute atomic E-state index is 0.182. The van der Waals surface area contributed by atoms with E-state index in [9.17, 15) is 9.59 Å². The van der Waals surface area contributed by atoms with Crippen LogP contribution in [-0.2, 0) is 4.79 Å². The molecular weight excluding hydrogens is 310 g/mol. The summed E-state index contributed by atoms with van der Waals surface area (Å²) in [6.45, 7) is 3.38. The molecule has 126 valence electrons. The number of carboxylic acid groups (broad SMARTS) is 1. The van der Waals surface area contributed by atoms with Gasteiger partial charge in [-0.2, -0.15) is 0 Å². The van der Waals surface area contributed by atoms with Gasteiger partial charge in [0.15, 0.2) is 0 Å². The number of rotatable bonds is 7. The molecule has 1 N–H and O–H groups in total. The largest absolute Gasteiger partial charge is 0.480 e. The van der Waals surface area contributed by atoms with Crippen LogP contribution in [0.5, 0.6) is 11.6 Å². The van der Waals surface area contributed by atoms with Gasteiger partial charge in [0.1, 0.15) is 12.3 Å². The highest BCUT2D eigenvalue weighted by molar-refractivity contribution is 5.96. The minimum Gasteiger partial charge on any atom is -0.480 e. The van der Waals surface area contributed by atoms with Gasteiger partial charge in [0, 0.05) is 24.0 Å². The lowest BCUT2D eigenvalue weighted by atomic mass is 10.1. The van der Waals surface area contributed by atoms with Gasteiger partial charge < -0.3 is 14.7 Å². The monoisotopic (exact) mass is 329 g/mol. The Kier molecular flexibility index (Phi) is 5.83. The summed E-state index contributed by atoms with van der Waals surface area (Å²) in [6.07, 6.45) is 5.16. The van der Waals surface area contributed by atoms with Crippen molar-refractivity contribution in [3.05, 3.63) is 48.4 Å². The zero-order valence-corrected chi connectivity index (χ0v) is 13.5. The van der Waals surface area contributed by atoms with Crippen molar-refractivity contribution in [3.8, 4) is 11.6 Å². The van der Waals surface area contributed by atoms with Crippen molar-refractivity contribution in [2.75, 3.05) is 6.54 Å². The number of carboxylic acids is 1. The van der Waals surface area contributed by atoms with Gasteiger partial charge in [-0.05, 0) is 31.5 Å². The highest BCUT2D eigenvalue weighted by Crippen LogP contribution is 2.21. The van der Waals surface area contributed by atoms with Crippen molar-refractivity contribution in [2.45, 2.75) is 26.3 Å². The van der Waals surface area contributed by atoms with Crippen molar-refractivity contribution in [1.82, 2.24) is 14.9 Å². The normalized spacial score (nSPS) is 11.6. The molecule has 2 rings (SSSR count). The molecule has 0 spiro atoms. The molecule has 0 aliphatic carbocycles. The molecule has 24 heavy (non-hydrogen) atoms. The number of nitrogens with zero attached hydrogens (tertiary/aromatic N) is 3. The number of carbonyl (C=O) groups is 2. The van der Waals surface area contributed by atoms with Crippen LogP contribution in [-0.4, -0.2) is 44.4 Å². The molecule has 1 aromatic carbocycles. The fraction of sp³-hybridized carbons (Fsp3) is 0.294. The third kappa shape index (κ3) is 4.52. The summed E-state index contributed by atoms with van der Waals surface area (Å²) in [5.41, 5.74) is 0.359. The molecule has 0 radical (unpaired) electrons. The van der Waals surface area contributed by atoms with E-state index in [-0.39, 0.29) is 18.5 Å². The van der Waals surface area contributed by atoms with Gasteiger partial charge in [0.2, 0.25) is 5.88 Å². The Bertz CT molecular complexity index is 706. The summed E-state index contributed by atoms with van der Waals surface area (Å²) in [5, 5.41) is 9.04. The molecule has 1 unspecified atom stereocenters. The number of aromatic nitrogens is 2. The number of ether oxygens (including phenoxy) is 1. The second-order valence-electron chi connectivity index (χ2n) is 5.26. The molecule has 7 nitrogen and oxygen atoms in total. The van der Waals surface area contributed by atoms with Gasteiger partial charge in [0.25, 0.3) is 5.91 Å². The average molecular weight is 329 g/mol. The SMILES string of the molecule is CCC(C)N(CC(=O)O)C(=O)c1cccc(Oc2cnccn2)c1. The summed E-state index contributed by atoms with van der Waals surface area (Å²) >= 11 is 0. The highest BCUT2D eigenvalue weighted by atomic mass is 16.5. The summed E-state index contributed by atoms with van der Waals surface area (Å²) in [4.78, 5) is 33.0. The maximum Gasteiger partial charge on any atom is 0.323 e. The van der Waals surface area contributed by atoms with E-state index in [0.717, 1.165) is 0 Å². The predicted molar refractivity (Wildman–Crippen MR) is 87.0 cm³/mol. The zero-order valence-electron chi connectivity index (χ0n) is 13.5. The number of amides is 1. The number of hydrogen-bond donors (Lipinski definition) is 1. The molecular formula is C17H19N3O4. The van der Waals surface area contributed by atoms with E-state index in [1.807, 2.05) is 13.8 Å². The van der Waals surface area contributed by atoms with Crippen LogP contribution in [0.1, 0.15) is 30.6 Å². The lowest BCUT2D eigenvalue weighted by Crippen LogP contribution is -2.41. The molecule has 1 amide bonds. The Labute approximate surface area is 139 Å². The summed E-state index contributed by atoms with van der Waals surface area (Å²) in [5.74, 6) is -0.654. The highest BCUT2D eigenvalue weighted by Gasteiger charge is 2.23. The average Bonchev–Trinajstić information content (AvgIpc) is 2.59. The van der Waals surface area contributed by atoms with Crippen LogP contribution >= 0.6 is 0 Å². The van der Waals surface area contributed by atoms with Crippen molar-refractivity contribution in [2.24, 2.45) is 0 Å². The first-order valence-corrected chi connectivity index (χ1v) is 7.58. The van der Waals surface area contributed by atoms with Crippen LogP contribution in [0, 0.1) is 0 Å². The third-order valence-corrected chi connectivity index (χ3v) is 3.53. The van der Waals surface area contributed by atoms with Gasteiger partial charge in [-0.3, -0.25) is 14.6 Å². The predicted octanol–water partition coefficient (Wildman–Crippen LogP) is 2.59. The Morgan fingerprint density at radius 1 is 1.33 bits per heavy atom. The van der Waals surface area contributed by atoms with Crippen LogP contribution in [0.15, 0.2) is 42.9 Å². The standard InChI is InChI=1S/C17H19N3O4/c1-3-12(2)20(11-16(21)22)17(23)13-5-4-6-14(9-13)24-15-10-18-7-8-19-15/h4-10,12H,3,11H2,1-2H3,(H,21,22). The molecule has 0 aliphatic heterocycles. The Balaban J connectivity index is 2.22. The third-order valence-electron chi connectivity index (χ3n) is 3.53.